The molecule has 0 bridgehead atoms. The number of rotatable bonds is 2. The molecule has 0 unspecified atom stereocenters. The van der Waals surface area contributed by atoms with Crippen molar-refractivity contribution in [1.29, 1.82) is 5.26 Å². The molecule has 0 atom stereocenters. The van der Waals surface area contributed by atoms with Crippen molar-refractivity contribution in [2.75, 3.05) is 5.32 Å². The lowest BCUT2D eigenvalue weighted by molar-refractivity contribution is 0.496. The van der Waals surface area contributed by atoms with Gasteiger partial charge < -0.3 is 5.32 Å². The zero-order chi connectivity index (χ0) is 14.0. The van der Waals surface area contributed by atoms with Crippen LogP contribution in [0.3, 0.4) is 0 Å². The van der Waals surface area contributed by atoms with Gasteiger partial charge in [-0.3, -0.25) is 0 Å². The molecule has 0 aliphatic rings. The second kappa shape index (κ2) is 4.98. The number of nitrogens with one attached hydrogen (secondary N) is 1. The summed E-state index contributed by atoms with van der Waals surface area (Å²) in [5.74, 6) is -4.20. The third-order valence-corrected chi connectivity index (χ3v) is 2.38. The highest BCUT2D eigenvalue weighted by atomic mass is 19.2. The maximum absolute atomic E-state index is 13.4. The van der Waals surface area contributed by atoms with E-state index in [0.29, 0.717) is 12.1 Å². The SMILES string of the molecule is N#Cc1cc(F)ccc1Nc1cc(F)c(F)cc1F. The largest absolute Gasteiger partial charge is 0.352 e. The molecule has 19 heavy (non-hydrogen) atoms. The normalized spacial score (nSPS) is 10.1. The molecule has 0 radical (unpaired) electrons. The second-order valence-corrected chi connectivity index (χ2v) is 3.67. The van der Waals surface area contributed by atoms with E-state index in [1.54, 1.807) is 6.07 Å². The minimum absolute atomic E-state index is 0.0795. The number of nitriles is 1. The Hall–Kier alpha value is -2.55. The highest BCUT2D eigenvalue weighted by Gasteiger charge is 2.11. The van der Waals surface area contributed by atoms with E-state index in [-0.39, 0.29) is 16.9 Å². The van der Waals surface area contributed by atoms with Crippen molar-refractivity contribution in [3.05, 3.63) is 59.2 Å². The molecule has 2 nitrogen and oxygen atoms in total. The van der Waals surface area contributed by atoms with E-state index in [1.165, 1.54) is 6.07 Å². The van der Waals surface area contributed by atoms with Gasteiger partial charge in [0.05, 0.1) is 16.9 Å². The van der Waals surface area contributed by atoms with Crippen LogP contribution in [0.2, 0.25) is 0 Å². The van der Waals surface area contributed by atoms with Gasteiger partial charge in [-0.1, -0.05) is 0 Å². The van der Waals surface area contributed by atoms with E-state index in [2.05, 4.69) is 5.32 Å². The summed E-state index contributed by atoms with van der Waals surface area (Å²) >= 11 is 0. The van der Waals surface area contributed by atoms with Crippen LogP contribution in [0.25, 0.3) is 0 Å². The predicted molar refractivity (Wildman–Crippen MR) is 60.7 cm³/mol. The molecule has 1 N–H and O–H groups in total. The first-order chi connectivity index (χ1) is 9.01. The topological polar surface area (TPSA) is 35.8 Å². The summed E-state index contributed by atoms with van der Waals surface area (Å²) in [6, 6.07) is 5.92. The van der Waals surface area contributed by atoms with Crippen molar-refractivity contribution in [3.8, 4) is 6.07 Å². The fourth-order valence-electron chi connectivity index (χ4n) is 1.48. The Bertz CT molecular complexity index is 677. The van der Waals surface area contributed by atoms with Gasteiger partial charge in [0.2, 0.25) is 0 Å². The van der Waals surface area contributed by atoms with Gasteiger partial charge in [-0.05, 0) is 18.2 Å². The Morgan fingerprint density at radius 1 is 0.842 bits per heavy atom. The van der Waals surface area contributed by atoms with Gasteiger partial charge >= 0.3 is 0 Å². The molecule has 6 heteroatoms. The summed E-state index contributed by atoms with van der Waals surface area (Å²) in [7, 11) is 0. The first-order valence-electron chi connectivity index (χ1n) is 5.12. The van der Waals surface area contributed by atoms with E-state index in [4.69, 9.17) is 5.26 Å². The highest BCUT2D eigenvalue weighted by Crippen LogP contribution is 2.25. The van der Waals surface area contributed by atoms with E-state index in [0.717, 1.165) is 12.1 Å². The lowest BCUT2D eigenvalue weighted by Gasteiger charge is -2.09. The minimum atomic E-state index is -1.32. The molecule has 0 saturated carbocycles. The molecule has 96 valence electrons. The summed E-state index contributed by atoms with van der Waals surface area (Å²) < 4.78 is 52.1. The van der Waals surface area contributed by atoms with Crippen LogP contribution in [0, 0.1) is 34.6 Å². The zero-order valence-corrected chi connectivity index (χ0v) is 9.35. The smallest absolute Gasteiger partial charge is 0.161 e. The lowest BCUT2D eigenvalue weighted by Crippen LogP contribution is -1.99. The predicted octanol–water partition coefficient (Wildman–Crippen LogP) is 3.86. The van der Waals surface area contributed by atoms with Crippen molar-refractivity contribution in [2.24, 2.45) is 0 Å². The molecule has 0 spiro atoms. The quantitative estimate of drug-likeness (QED) is 0.661. The molecular weight excluding hydrogens is 260 g/mol. The maximum atomic E-state index is 13.4. The molecule has 0 amide bonds. The second-order valence-electron chi connectivity index (χ2n) is 3.67. The molecular formula is C13H6F4N2. The Balaban J connectivity index is 2.42. The lowest BCUT2D eigenvalue weighted by atomic mass is 10.1. The molecule has 0 heterocycles. The fourth-order valence-corrected chi connectivity index (χ4v) is 1.48. The summed E-state index contributed by atoms with van der Waals surface area (Å²) in [6.45, 7) is 0. The number of anilines is 2. The Kier molecular flexibility index (Phi) is 3.38. The number of halogens is 4. The zero-order valence-electron chi connectivity index (χ0n) is 9.35. The monoisotopic (exact) mass is 266 g/mol. The van der Waals surface area contributed by atoms with E-state index < -0.39 is 23.3 Å². The van der Waals surface area contributed by atoms with Crippen molar-refractivity contribution in [1.82, 2.24) is 0 Å². The van der Waals surface area contributed by atoms with E-state index in [9.17, 15) is 17.6 Å². The van der Waals surface area contributed by atoms with Crippen molar-refractivity contribution >= 4 is 11.4 Å². The summed E-state index contributed by atoms with van der Waals surface area (Å²) in [6.07, 6.45) is 0. The van der Waals surface area contributed by atoms with Gasteiger partial charge in [0.15, 0.2) is 11.6 Å². The standard InChI is InChI=1S/C13H6F4N2/c14-8-1-2-12(7(3-8)6-18)19-13-5-10(16)9(15)4-11(13)17/h1-5,19H. The molecule has 2 aromatic carbocycles. The van der Waals surface area contributed by atoms with Crippen LogP contribution >= 0.6 is 0 Å². The summed E-state index contributed by atoms with van der Waals surface area (Å²) in [5, 5.41) is 11.2. The Labute approximate surface area is 105 Å². The Morgan fingerprint density at radius 2 is 1.53 bits per heavy atom. The average molecular weight is 266 g/mol. The number of benzene rings is 2. The van der Waals surface area contributed by atoms with Crippen molar-refractivity contribution < 1.29 is 17.6 Å². The first kappa shape index (κ1) is 12.9. The number of hydrogen-bond donors (Lipinski definition) is 1. The van der Waals surface area contributed by atoms with Gasteiger partial charge in [-0.15, -0.1) is 0 Å². The fraction of sp³-hybridized carbons (Fsp3) is 0. The number of nitrogens with zero attached hydrogens (tertiary/aromatic N) is 1. The van der Waals surface area contributed by atoms with Gasteiger partial charge in [0.25, 0.3) is 0 Å². The van der Waals surface area contributed by atoms with E-state index >= 15 is 0 Å². The number of hydrogen-bond acceptors (Lipinski definition) is 2. The first-order valence-corrected chi connectivity index (χ1v) is 5.12. The molecule has 0 aliphatic heterocycles. The van der Waals surface area contributed by atoms with Crippen LogP contribution in [0.4, 0.5) is 28.9 Å². The van der Waals surface area contributed by atoms with E-state index in [1.807, 2.05) is 0 Å². The molecule has 2 aromatic rings. The van der Waals surface area contributed by atoms with Crippen LogP contribution in [-0.4, -0.2) is 0 Å². The maximum Gasteiger partial charge on any atom is 0.161 e. The van der Waals surface area contributed by atoms with Gasteiger partial charge in [-0.2, -0.15) is 5.26 Å². The minimum Gasteiger partial charge on any atom is -0.352 e. The van der Waals surface area contributed by atoms with Gasteiger partial charge in [-0.25, -0.2) is 17.6 Å². The van der Waals surface area contributed by atoms with Crippen LogP contribution in [-0.2, 0) is 0 Å². The van der Waals surface area contributed by atoms with Gasteiger partial charge in [0, 0.05) is 12.1 Å². The van der Waals surface area contributed by atoms with Crippen LogP contribution in [0.1, 0.15) is 5.56 Å². The van der Waals surface area contributed by atoms with Crippen LogP contribution < -0.4 is 5.32 Å². The van der Waals surface area contributed by atoms with Crippen LogP contribution in [0.5, 0.6) is 0 Å². The molecule has 0 aromatic heterocycles. The van der Waals surface area contributed by atoms with Crippen molar-refractivity contribution in [2.45, 2.75) is 0 Å². The summed E-state index contributed by atoms with van der Waals surface area (Å²) in [4.78, 5) is 0. The van der Waals surface area contributed by atoms with Crippen molar-refractivity contribution in [3.63, 3.8) is 0 Å². The molecule has 0 fully saturated rings. The third-order valence-electron chi connectivity index (χ3n) is 2.38. The Morgan fingerprint density at radius 3 is 2.21 bits per heavy atom. The summed E-state index contributed by atoms with van der Waals surface area (Å²) in [5.41, 5.74) is -0.333. The molecule has 0 aliphatic carbocycles. The molecule has 0 saturated heterocycles. The van der Waals surface area contributed by atoms with Crippen LogP contribution in [0.15, 0.2) is 30.3 Å². The third kappa shape index (κ3) is 2.65. The average Bonchev–Trinajstić information content (AvgIpc) is 2.37. The van der Waals surface area contributed by atoms with Gasteiger partial charge in [0.1, 0.15) is 17.7 Å². The molecule has 2 rings (SSSR count). The highest BCUT2D eigenvalue weighted by molar-refractivity contribution is 5.66.